The average molecular weight is 350 g/mol. The van der Waals surface area contributed by atoms with Gasteiger partial charge in [0.25, 0.3) is 5.91 Å². The Balaban J connectivity index is 1.98. The van der Waals surface area contributed by atoms with Gasteiger partial charge in [-0.25, -0.2) is 13.6 Å². The van der Waals surface area contributed by atoms with Gasteiger partial charge >= 0.3 is 5.97 Å². The van der Waals surface area contributed by atoms with Crippen LogP contribution in [0.15, 0.2) is 36.4 Å². The maximum atomic E-state index is 13.5. The van der Waals surface area contributed by atoms with Gasteiger partial charge in [0, 0.05) is 6.54 Å². The number of carboxylic acids is 1. The van der Waals surface area contributed by atoms with Gasteiger partial charge in [0.1, 0.15) is 17.1 Å². The molecule has 0 spiro atoms. The number of hydrogen-bond acceptors (Lipinski definition) is 4. The van der Waals surface area contributed by atoms with Crippen molar-refractivity contribution in [2.24, 2.45) is 0 Å². The molecule has 0 radical (unpaired) electrons. The lowest BCUT2D eigenvalue weighted by Gasteiger charge is -2.36. The van der Waals surface area contributed by atoms with Gasteiger partial charge < -0.3 is 15.3 Å². The van der Waals surface area contributed by atoms with Crippen molar-refractivity contribution < 1.29 is 23.5 Å². The summed E-state index contributed by atoms with van der Waals surface area (Å²) in [6.07, 6.45) is 0. The third-order valence-electron chi connectivity index (χ3n) is 3.68. The molecule has 124 valence electrons. The van der Waals surface area contributed by atoms with Crippen LogP contribution in [0.25, 0.3) is 0 Å². The molecule has 1 atom stereocenters. The van der Waals surface area contributed by atoms with Crippen LogP contribution >= 0.6 is 12.6 Å². The Bertz CT molecular complexity index is 844. The Morgan fingerprint density at radius 2 is 2.00 bits per heavy atom. The second-order valence-electron chi connectivity index (χ2n) is 5.26. The molecular weight excluding hydrogens is 338 g/mol. The topological polar surface area (TPSA) is 69.6 Å². The molecule has 2 N–H and O–H groups in total. The normalized spacial score (nSPS) is 16.5. The number of benzene rings is 2. The number of fused-ring (bicyclic) bond motifs is 1. The van der Waals surface area contributed by atoms with Crippen molar-refractivity contribution in [3.8, 4) is 0 Å². The van der Waals surface area contributed by atoms with Gasteiger partial charge in [-0.05, 0) is 35.9 Å². The zero-order valence-corrected chi connectivity index (χ0v) is 13.1. The summed E-state index contributed by atoms with van der Waals surface area (Å²) in [5, 5.41) is 11.6. The molecule has 0 saturated heterocycles. The van der Waals surface area contributed by atoms with Gasteiger partial charge in [0.15, 0.2) is 0 Å². The second-order valence-corrected chi connectivity index (χ2v) is 5.74. The molecule has 1 aliphatic rings. The highest BCUT2D eigenvalue weighted by Crippen LogP contribution is 2.30. The second kappa shape index (κ2) is 6.12. The first-order valence-corrected chi connectivity index (χ1v) is 7.45. The Kier molecular flexibility index (Phi) is 4.15. The number of carboxylic acid groups (broad SMARTS) is 1. The minimum Gasteiger partial charge on any atom is -0.478 e. The van der Waals surface area contributed by atoms with E-state index in [9.17, 15) is 18.4 Å². The van der Waals surface area contributed by atoms with E-state index in [-0.39, 0.29) is 12.1 Å². The number of carbonyl (C=O) groups is 2. The molecule has 3 rings (SSSR count). The van der Waals surface area contributed by atoms with Gasteiger partial charge in [0.2, 0.25) is 0 Å². The highest BCUT2D eigenvalue weighted by Gasteiger charge is 2.29. The minimum absolute atomic E-state index is 0.154. The number of hydrogen-bond donors (Lipinski definition) is 3. The van der Waals surface area contributed by atoms with Crippen molar-refractivity contribution in [1.82, 2.24) is 5.32 Å². The Labute approximate surface area is 141 Å². The summed E-state index contributed by atoms with van der Waals surface area (Å²) in [5.74, 6) is -3.20. The van der Waals surface area contributed by atoms with Crippen LogP contribution in [0.4, 0.5) is 14.5 Å². The molecule has 0 fully saturated rings. The summed E-state index contributed by atoms with van der Waals surface area (Å²) in [5.41, 5.74) is -0.00104. The molecule has 2 aromatic rings. The highest BCUT2D eigenvalue weighted by atomic mass is 32.1. The number of nitrogens with zero attached hydrogens (tertiary/aromatic N) is 1. The molecule has 1 heterocycles. The fourth-order valence-corrected chi connectivity index (χ4v) is 2.87. The molecule has 0 bridgehead atoms. The predicted molar refractivity (Wildman–Crippen MR) is 86.2 cm³/mol. The lowest BCUT2D eigenvalue weighted by Crippen LogP contribution is -2.49. The van der Waals surface area contributed by atoms with E-state index in [1.807, 2.05) is 0 Å². The SMILES string of the molecule is O=C(O)c1cc(CN2c3ccc(F)cc3C(=O)NC2S)ccc1F. The van der Waals surface area contributed by atoms with E-state index < -0.39 is 34.6 Å². The summed E-state index contributed by atoms with van der Waals surface area (Å²) in [7, 11) is 0. The summed E-state index contributed by atoms with van der Waals surface area (Å²) < 4.78 is 26.9. The number of amides is 1. The van der Waals surface area contributed by atoms with E-state index in [1.54, 1.807) is 4.90 Å². The molecule has 0 saturated carbocycles. The van der Waals surface area contributed by atoms with Crippen LogP contribution in [0, 0.1) is 11.6 Å². The van der Waals surface area contributed by atoms with E-state index in [0.29, 0.717) is 11.3 Å². The molecule has 1 aliphatic heterocycles. The van der Waals surface area contributed by atoms with Gasteiger partial charge in [0.05, 0.1) is 16.8 Å². The standard InChI is InChI=1S/C16H12F2N2O3S/c17-9-2-4-13-11(6-9)14(21)19-16(24)20(13)7-8-1-3-12(18)10(5-8)15(22)23/h1-6,16,24H,7H2,(H,19,21)(H,22,23). The lowest BCUT2D eigenvalue weighted by molar-refractivity contribution is 0.0691. The molecule has 1 unspecified atom stereocenters. The lowest BCUT2D eigenvalue weighted by atomic mass is 10.1. The van der Waals surface area contributed by atoms with Crippen LogP contribution in [0.3, 0.4) is 0 Å². The van der Waals surface area contributed by atoms with Crippen molar-refractivity contribution >= 4 is 30.2 Å². The Morgan fingerprint density at radius 3 is 2.71 bits per heavy atom. The van der Waals surface area contributed by atoms with Gasteiger partial charge in [-0.15, -0.1) is 12.6 Å². The third-order valence-corrected chi connectivity index (χ3v) is 4.09. The van der Waals surface area contributed by atoms with E-state index in [4.69, 9.17) is 5.11 Å². The van der Waals surface area contributed by atoms with Crippen molar-refractivity contribution in [3.63, 3.8) is 0 Å². The average Bonchev–Trinajstić information content (AvgIpc) is 2.53. The predicted octanol–water partition coefficient (Wildman–Crippen LogP) is 2.63. The summed E-state index contributed by atoms with van der Waals surface area (Å²) in [4.78, 5) is 24.6. The monoisotopic (exact) mass is 350 g/mol. The molecule has 8 heteroatoms. The number of nitrogens with one attached hydrogen (secondary N) is 1. The molecule has 1 amide bonds. The number of thiol groups is 1. The van der Waals surface area contributed by atoms with E-state index in [0.717, 1.165) is 12.1 Å². The van der Waals surface area contributed by atoms with Crippen molar-refractivity contribution in [2.45, 2.75) is 12.0 Å². The molecule has 5 nitrogen and oxygen atoms in total. The number of halogens is 2. The molecular formula is C16H12F2N2O3S. The van der Waals surface area contributed by atoms with Crippen molar-refractivity contribution in [3.05, 3.63) is 64.7 Å². The molecule has 0 aliphatic carbocycles. The third kappa shape index (κ3) is 2.92. The van der Waals surface area contributed by atoms with Gasteiger partial charge in [-0.1, -0.05) is 6.07 Å². The highest BCUT2D eigenvalue weighted by molar-refractivity contribution is 7.81. The Hall–Kier alpha value is -2.61. The number of carbonyl (C=O) groups excluding carboxylic acids is 1. The largest absolute Gasteiger partial charge is 0.478 e. The summed E-state index contributed by atoms with van der Waals surface area (Å²) >= 11 is 4.29. The number of rotatable bonds is 3. The zero-order chi connectivity index (χ0) is 17.4. The van der Waals surface area contributed by atoms with Crippen LogP contribution in [-0.2, 0) is 6.54 Å². The minimum atomic E-state index is -1.37. The van der Waals surface area contributed by atoms with Crippen LogP contribution < -0.4 is 10.2 Å². The van der Waals surface area contributed by atoms with E-state index in [2.05, 4.69) is 17.9 Å². The molecule has 0 aromatic heterocycles. The Morgan fingerprint density at radius 1 is 1.25 bits per heavy atom. The molecule has 24 heavy (non-hydrogen) atoms. The number of aromatic carboxylic acids is 1. The van der Waals surface area contributed by atoms with Crippen LogP contribution in [-0.4, -0.2) is 22.5 Å². The van der Waals surface area contributed by atoms with Crippen LogP contribution in [0.1, 0.15) is 26.3 Å². The quantitative estimate of drug-likeness (QED) is 0.745. The maximum Gasteiger partial charge on any atom is 0.338 e. The number of anilines is 1. The van der Waals surface area contributed by atoms with E-state index >= 15 is 0 Å². The summed E-state index contributed by atoms with van der Waals surface area (Å²) in [6, 6.07) is 7.53. The fraction of sp³-hybridized carbons (Fsp3) is 0.125. The summed E-state index contributed by atoms with van der Waals surface area (Å²) in [6.45, 7) is 0.160. The van der Waals surface area contributed by atoms with Crippen LogP contribution in [0.5, 0.6) is 0 Å². The van der Waals surface area contributed by atoms with Crippen LogP contribution in [0.2, 0.25) is 0 Å². The van der Waals surface area contributed by atoms with Gasteiger partial charge in [-0.2, -0.15) is 0 Å². The fourth-order valence-electron chi connectivity index (χ4n) is 2.55. The van der Waals surface area contributed by atoms with Crippen molar-refractivity contribution in [1.29, 1.82) is 0 Å². The smallest absolute Gasteiger partial charge is 0.338 e. The van der Waals surface area contributed by atoms with Crippen molar-refractivity contribution in [2.75, 3.05) is 4.90 Å². The first kappa shape index (κ1) is 16.3. The zero-order valence-electron chi connectivity index (χ0n) is 12.2. The maximum absolute atomic E-state index is 13.5. The van der Waals surface area contributed by atoms with E-state index in [1.165, 1.54) is 24.3 Å². The first-order chi connectivity index (χ1) is 11.4. The first-order valence-electron chi connectivity index (χ1n) is 6.93. The molecule has 2 aromatic carbocycles. The van der Waals surface area contributed by atoms with Gasteiger partial charge in [-0.3, -0.25) is 4.79 Å².